The van der Waals surface area contributed by atoms with Gasteiger partial charge >= 0.3 is 0 Å². The average molecular weight is 371 g/mol. The monoisotopic (exact) mass is 371 g/mol. The molecule has 0 saturated carbocycles. The second-order valence-corrected chi connectivity index (χ2v) is 6.85. The van der Waals surface area contributed by atoms with Crippen LogP contribution in [0, 0.1) is 26.6 Å². The van der Waals surface area contributed by atoms with Crippen molar-refractivity contribution < 1.29 is 13.7 Å². The van der Waals surface area contributed by atoms with E-state index in [0.29, 0.717) is 16.3 Å². The summed E-state index contributed by atoms with van der Waals surface area (Å²) < 4.78 is 19.1. The van der Waals surface area contributed by atoms with Crippen LogP contribution in [0.15, 0.2) is 46.1 Å². The maximum Gasteiger partial charge on any atom is 0.258 e. The molecule has 5 nitrogen and oxygen atoms in total. The smallest absolute Gasteiger partial charge is 0.258 e. The van der Waals surface area contributed by atoms with Gasteiger partial charge in [-0.05, 0) is 50.6 Å². The second kappa shape index (κ2) is 7.70. The van der Waals surface area contributed by atoms with Crippen molar-refractivity contribution in [2.45, 2.75) is 31.6 Å². The number of amides is 1. The molecule has 1 N–H and O–H groups in total. The number of carbonyl (C=O) groups is 1. The molecule has 0 aliphatic carbocycles. The molecule has 2 heterocycles. The molecule has 1 amide bonds. The zero-order chi connectivity index (χ0) is 18.7. The lowest BCUT2D eigenvalue weighted by molar-refractivity contribution is 0.102. The topological polar surface area (TPSA) is 68.0 Å². The molecule has 1 aromatic carbocycles. The van der Waals surface area contributed by atoms with E-state index in [2.05, 4.69) is 15.5 Å². The molecule has 0 unspecified atom stereocenters. The van der Waals surface area contributed by atoms with E-state index in [0.717, 1.165) is 22.6 Å². The van der Waals surface area contributed by atoms with Gasteiger partial charge in [0.15, 0.2) is 0 Å². The van der Waals surface area contributed by atoms with Crippen molar-refractivity contribution in [2.75, 3.05) is 5.32 Å². The third kappa shape index (κ3) is 3.94. The van der Waals surface area contributed by atoms with Crippen LogP contribution in [0.25, 0.3) is 0 Å². The van der Waals surface area contributed by atoms with Gasteiger partial charge in [-0.15, -0.1) is 11.8 Å². The number of carbonyl (C=O) groups excluding carboxylic acids is 1. The number of halogens is 1. The Kier molecular flexibility index (Phi) is 5.37. The van der Waals surface area contributed by atoms with E-state index in [-0.39, 0.29) is 5.69 Å². The van der Waals surface area contributed by atoms with Crippen molar-refractivity contribution in [1.82, 2.24) is 10.1 Å². The molecule has 0 aliphatic rings. The fourth-order valence-corrected chi connectivity index (χ4v) is 3.60. The number of rotatable bonds is 5. The first kappa shape index (κ1) is 18.1. The molecule has 0 saturated heterocycles. The van der Waals surface area contributed by atoms with Crippen molar-refractivity contribution in [3.63, 3.8) is 0 Å². The number of aromatic nitrogens is 2. The number of hydrogen-bond acceptors (Lipinski definition) is 5. The zero-order valence-corrected chi connectivity index (χ0v) is 15.5. The number of aryl methyl sites for hydroxylation is 3. The molecule has 0 spiro atoms. The fraction of sp³-hybridized carbons (Fsp3) is 0.211. The van der Waals surface area contributed by atoms with Gasteiger partial charge in [-0.2, -0.15) is 0 Å². The molecule has 7 heteroatoms. The summed E-state index contributed by atoms with van der Waals surface area (Å²) in [5.74, 6) is 0.456. The van der Waals surface area contributed by atoms with E-state index in [4.69, 9.17) is 4.52 Å². The SMILES string of the molecule is Cc1ccc(F)c(NC(=O)c2cccnc2SCc2c(C)noc2C)c1. The highest BCUT2D eigenvalue weighted by Gasteiger charge is 2.16. The normalized spacial score (nSPS) is 10.8. The molecular weight excluding hydrogens is 353 g/mol. The Morgan fingerprint density at radius 2 is 2.08 bits per heavy atom. The van der Waals surface area contributed by atoms with E-state index >= 15 is 0 Å². The highest BCUT2D eigenvalue weighted by molar-refractivity contribution is 7.98. The minimum Gasteiger partial charge on any atom is -0.361 e. The van der Waals surface area contributed by atoms with Crippen LogP contribution in [-0.2, 0) is 5.75 Å². The third-order valence-corrected chi connectivity index (χ3v) is 4.95. The van der Waals surface area contributed by atoms with Crippen LogP contribution in [-0.4, -0.2) is 16.0 Å². The number of thioether (sulfide) groups is 1. The lowest BCUT2D eigenvalue weighted by Crippen LogP contribution is -2.14. The Balaban J connectivity index is 1.80. The quantitative estimate of drug-likeness (QED) is 0.660. The Labute approximate surface area is 155 Å². The Bertz CT molecular complexity index is 936. The van der Waals surface area contributed by atoms with Gasteiger partial charge < -0.3 is 9.84 Å². The van der Waals surface area contributed by atoms with Crippen LogP contribution in [0.2, 0.25) is 0 Å². The van der Waals surface area contributed by atoms with Gasteiger partial charge in [0, 0.05) is 17.5 Å². The first-order chi connectivity index (χ1) is 12.5. The lowest BCUT2D eigenvalue weighted by Gasteiger charge is -2.10. The van der Waals surface area contributed by atoms with E-state index in [1.54, 1.807) is 30.5 Å². The van der Waals surface area contributed by atoms with E-state index in [9.17, 15) is 9.18 Å². The largest absolute Gasteiger partial charge is 0.361 e. The summed E-state index contributed by atoms with van der Waals surface area (Å²) in [4.78, 5) is 16.9. The Hall–Kier alpha value is -2.67. The van der Waals surface area contributed by atoms with E-state index < -0.39 is 11.7 Å². The summed E-state index contributed by atoms with van der Waals surface area (Å²) in [6, 6.07) is 7.94. The molecule has 0 atom stereocenters. The molecule has 0 radical (unpaired) electrons. The van der Waals surface area contributed by atoms with Crippen LogP contribution in [0.1, 0.15) is 32.9 Å². The van der Waals surface area contributed by atoms with Gasteiger partial charge in [-0.25, -0.2) is 9.37 Å². The zero-order valence-electron chi connectivity index (χ0n) is 14.7. The summed E-state index contributed by atoms with van der Waals surface area (Å²) in [5, 5.41) is 7.12. The predicted molar refractivity (Wildman–Crippen MR) is 98.9 cm³/mol. The van der Waals surface area contributed by atoms with Crippen LogP contribution in [0.3, 0.4) is 0 Å². The molecular formula is C19H18FN3O2S. The van der Waals surface area contributed by atoms with E-state index in [1.807, 2.05) is 20.8 Å². The summed E-state index contributed by atoms with van der Waals surface area (Å²) >= 11 is 1.41. The molecule has 0 fully saturated rings. The van der Waals surface area contributed by atoms with E-state index in [1.165, 1.54) is 17.8 Å². The van der Waals surface area contributed by atoms with Gasteiger partial charge in [-0.1, -0.05) is 11.2 Å². The second-order valence-electron chi connectivity index (χ2n) is 5.88. The van der Waals surface area contributed by atoms with Crippen molar-refractivity contribution >= 4 is 23.4 Å². The van der Waals surface area contributed by atoms with Gasteiger partial charge in [0.05, 0.1) is 16.9 Å². The average Bonchev–Trinajstić information content (AvgIpc) is 2.94. The lowest BCUT2D eigenvalue weighted by atomic mass is 10.2. The van der Waals surface area contributed by atoms with Crippen LogP contribution >= 0.6 is 11.8 Å². The first-order valence-electron chi connectivity index (χ1n) is 8.02. The minimum absolute atomic E-state index is 0.153. The van der Waals surface area contributed by atoms with Gasteiger partial charge in [0.1, 0.15) is 16.6 Å². The maximum absolute atomic E-state index is 13.9. The van der Waals surface area contributed by atoms with Crippen molar-refractivity contribution in [2.24, 2.45) is 0 Å². The number of nitrogens with zero attached hydrogens (tertiary/aromatic N) is 2. The van der Waals surface area contributed by atoms with Gasteiger partial charge in [0.2, 0.25) is 0 Å². The Morgan fingerprint density at radius 1 is 1.27 bits per heavy atom. The minimum atomic E-state index is -0.474. The van der Waals surface area contributed by atoms with Crippen molar-refractivity contribution in [3.8, 4) is 0 Å². The van der Waals surface area contributed by atoms with Crippen LogP contribution in [0.4, 0.5) is 10.1 Å². The van der Waals surface area contributed by atoms with Crippen molar-refractivity contribution in [3.05, 3.63) is 70.5 Å². The molecule has 0 bridgehead atoms. The van der Waals surface area contributed by atoms with Gasteiger partial charge in [0.25, 0.3) is 5.91 Å². The number of anilines is 1. The standard InChI is InChI=1S/C19H18FN3O2S/c1-11-6-7-16(20)17(9-11)22-18(24)14-5-4-8-21-19(14)26-10-15-12(2)23-25-13(15)3/h4-9H,10H2,1-3H3,(H,22,24). The summed E-state index contributed by atoms with van der Waals surface area (Å²) in [6.07, 6.45) is 1.62. The third-order valence-electron chi connectivity index (χ3n) is 3.92. The summed E-state index contributed by atoms with van der Waals surface area (Å²) in [5.41, 5.74) is 3.21. The molecule has 134 valence electrons. The number of hydrogen-bond donors (Lipinski definition) is 1. The molecule has 0 aliphatic heterocycles. The summed E-state index contributed by atoms with van der Waals surface area (Å²) in [7, 11) is 0. The molecule has 2 aromatic heterocycles. The predicted octanol–water partition coefficient (Wildman–Crippen LogP) is 4.68. The molecule has 26 heavy (non-hydrogen) atoms. The number of benzene rings is 1. The highest BCUT2D eigenvalue weighted by Crippen LogP contribution is 2.28. The maximum atomic E-state index is 13.9. The highest BCUT2D eigenvalue weighted by atomic mass is 32.2. The molecule has 3 aromatic rings. The van der Waals surface area contributed by atoms with Gasteiger partial charge in [-0.3, -0.25) is 4.79 Å². The molecule has 3 rings (SSSR count). The Morgan fingerprint density at radius 3 is 2.81 bits per heavy atom. The van der Waals surface area contributed by atoms with Crippen LogP contribution in [0.5, 0.6) is 0 Å². The first-order valence-corrected chi connectivity index (χ1v) is 9.01. The number of nitrogens with one attached hydrogen (secondary N) is 1. The van der Waals surface area contributed by atoms with Crippen molar-refractivity contribution in [1.29, 1.82) is 0 Å². The number of pyridine rings is 1. The fourth-order valence-electron chi connectivity index (χ4n) is 2.45. The summed E-state index contributed by atoms with van der Waals surface area (Å²) in [6.45, 7) is 5.56. The van der Waals surface area contributed by atoms with Crippen LogP contribution < -0.4 is 5.32 Å².